The van der Waals surface area contributed by atoms with Gasteiger partial charge in [0.15, 0.2) is 33.6 Å². The first-order valence-corrected chi connectivity index (χ1v) is 10.8. The molecule has 2 aromatic heterocycles. The van der Waals surface area contributed by atoms with Gasteiger partial charge < -0.3 is 19.8 Å². The Balaban J connectivity index is 1.76. The summed E-state index contributed by atoms with van der Waals surface area (Å²) in [6, 6.07) is 3.78. The fourth-order valence-corrected chi connectivity index (χ4v) is 4.39. The van der Waals surface area contributed by atoms with E-state index in [1.54, 1.807) is 4.57 Å². The minimum absolute atomic E-state index is 0.119. The lowest BCUT2D eigenvalue weighted by Crippen LogP contribution is -2.25. The van der Waals surface area contributed by atoms with Crippen LogP contribution in [0, 0.1) is 6.92 Å². The van der Waals surface area contributed by atoms with Crippen molar-refractivity contribution in [3.63, 3.8) is 0 Å². The van der Waals surface area contributed by atoms with Gasteiger partial charge in [0.25, 0.3) is 0 Å². The lowest BCUT2D eigenvalue weighted by Gasteiger charge is -2.10. The van der Waals surface area contributed by atoms with E-state index in [0.29, 0.717) is 27.8 Å². The van der Waals surface area contributed by atoms with Crippen molar-refractivity contribution in [2.24, 2.45) is 0 Å². The Kier molecular flexibility index (Phi) is 4.77. The van der Waals surface area contributed by atoms with Gasteiger partial charge in [-0.1, -0.05) is 11.8 Å². The van der Waals surface area contributed by atoms with Crippen LogP contribution in [0.2, 0.25) is 0 Å². The molecule has 0 bridgehead atoms. The van der Waals surface area contributed by atoms with Gasteiger partial charge >= 0.3 is 0 Å². The summed E-state index contributed by atoms with van der Waals surface area (Å²) in [6.45, 7) is 2.31. The molecule has 3 N–H and O–H groups in total. The summed E-state index contributed by atoms with van der Waals surface area (Å²) in [4.78, 5) is 13.7. The van der Waals surface area contributed by atoms with Crippen LogP contribution in [0.15, 0.2) is 28.5 Å². The van der Waals surface area contributed by atoms with Crippen molar-refractivity contribution in [3.8, 4) is 11.5 Å². The van der Waals surface area contributed by atoms with Gasteiger partial charge in [-0.2, -0.15) is 0 Å². The van der Waals surface area contributed by atoms with Crippen LogP contribution in [0.25, 0.3) is 11.2 Å². The zero-order valence-electron chi connectivity index (χ0n) is 15.2. The highest BCUT2D eigenvalue weighted by Crippen LogP contribution is 2.40. The number of nitrogens with zero attached hydrogens (tertiary/aromatic N) is 4. The monoisotopic (exact) mass is 422 g/mol. The molecule has 28 heavy (non-hydrogen) atoms. The van der Waals surface area contributed by atoms with Gasteiger partial charge in [-0.3, -0.25) is 0 Å². The van der Waals surface area contributed by atoms with E-state index in [9.17, 15) is 8.42 Å². The summed E-state index contributed by atoms with van der Waals surface area (Å²) >= 11 is 1.38. The standard InChI is InChI=1S/C16H18N6O4S2/c1-9-5-10-11(26-8-25-10)6-12(9)27-16-21-13-14(17)19-7-20-15(13)22(16)3-4-28(23,24)18-2/h5-7,18H,3-4,8H2,1-2H3,(H2,17,19,20). The molecule has 1 aliphatic rings. The Morgan fingerprint density at radius 2 is 2.04 bits per heavy atom. The molecule has 0 radical (unpaired) electrons. The molecule has 0 spiro atoms. The minimum Gasteiger partial charge on any atom is -0.454 e. The average Bonchev–Trinajstić information content (AvgIpc) is 3.25. The number of ether oxygens (including phenoxy) is 2. The number of hydrogen-bond donors (Lipinski definition) is 2. The van der Waals surface area contributed by atoms with Gasteiger partial charge in [0.1, 0.15) is 6.33 Å². The first-order valence-electron chi connectivity index (χ1n) is 8.34. The lowest BCUT2D eigenvalue weighted by molar-refractivity contribution is 0.174. The molecule has 1 aliphatic heterocycles. The molecule has 4 rings (SSSR count). The van der Waals surface area contributed by atoms with E-state index < -0.39 is 10.0 Å². The zero-order valence-corrected chi connectivity index (χ0v) is 16.8. The quantitative estimate of drug-likeness (QED) is 0.600. The Morgan fingerprint density at radius 1 is 1.29 bits per heavy atom. The van der Waals surface area contributed by atoms with E-state index in [0.717, 1.165) is 10.5 Å². The van der Waals surface area contributed by atoms with Crippen molar-refractivity contribution >= 4 is 38.8 Å². The van der Waals surface area contributed by atoms with Crippen molar-refractivity contribution in [2.75, 3.05) is 25.3 Å². The lowest BCUT2D eigenvalue weighted by atomic mass is 10.2. The number of hydrogen-bond acceptors (Lipinski definition) is 9. The summed E-state index contributed by atoms with van der Waals surface area (Å²) in [5.74, 6) is 1.48. The minimum atomic E-state index is -3.40. The van der Waals surface area contributed by atoms with Crippen LogP contribution in [0.3, 0.4) is 0 Å². The van der Waals surface area contributed by atoms with Crippen molar-refractivity contribution < 1.29 is 17.9 Å². The number of anilines is 1. The molecule has 0 saturated heterocycles. The highest BCUT2D eigenvalue weighted by Gasteiger charge is 2.21. The number of aromatic nitrogens is 4. The number of aryl methyl sites for hydroxylation is 2. The molecule has 0 aliphatic carbocycles. The van der Waals surface area contributed by atoms with Crippen molar-refractivity contribution in [1.29, 1.82) is 0 Å². The predicted octanol–water partition coefficient (Wildman–Crippen LogP) is 1.15. The second-order valence-electron chi connectivity index (χ2n) is 6.07. The van der Waals surface area contributed by atoms with E-state index in [2.05, 4.69) is 19.7 Å². The van der Waals surface area contributed by atoms with Gasteiger partial charge in [-0.05, 0) is 31.7 Å². The maximum absolute atomic E-state index is 11.9. The van der Waals surface area contributed by atoms with E-state index in [-0.39, 0.29) is 24.9 Å². The number of benzene rings is 1. The van der Waals surface area contributed by atoms with Crippen LogP contribution in [0.1, 0.15) is 5.56 Å². The second-order valence-corrected chi connectivity index (χ2v) is 9.13. The third kappa shape index (κ3) is 3.45. The van der Waals surface area contributed by atoms with E-state index in [1.165, 1.54) is 25.1 Å². The molecule has 148 valence electrons. The summed E-state index contributed by atoms with van der Waals surface area (Å²) in [5, 5.41) is 0.565. The Morgan fingerprint density at radius 3 is 2.79 bits per heavy atom. The fraction of sp³-hybridized carbons (Fsp3) is 0.312. The van der Waals surface area contributed by atoms with Crippen LogP contribution < -0.4 is 19.9 Å². The first kappa shape index (κ1) is 18.8. The third-order valence-corrected chi connectivity index (χ3v) is 6.79. The number of nitrogens with two attached hydrogens (primary N) is 1. The number of nitrogen functional groups attached to an aromatic ring is 1. The highest BCUT2D eigenvalue weighted by atomic mass is 32.2. The maximum atomic E-state index is 11.9. The molecule has 0 unspecified atom stereocenters. The summed E-state index contributed by atoms with van der Waals surface area (Å²) in [5.41, 5.74) is 7.84. The molecule has 3 aromatic rings. The van der Waals surface area contributed by atoms with Crippen molar-refractivity contribution in [3.05, 3.63) is 24.0 Å². The molecule has 0 saturated carbocycles. The Hall–Kier alpha value is -2.57. The second kappa shape index (κ2) is 7.11. The molecule has 12 heteroatoms. The number of imidazole rings is 1. The molecule has 0 fully saturated rings. The SMILES string of the molecule is CNS(=O)(=O)CCn1c(Sc2cc3c(cc2C)OCO3)nc2c(N)ncnc21. The summed E-state index contributed by atoms with van der Waals surface area (Å²) in [7, 11) is -2.02. The van der Waals surface area contributed by atoms with Crippen LogP contribution in [-0.4, -0.2) is 47.5 Å². The van der Waals surface area contributed by atoms with Gasteiger partial charge in [0.2, 0.25) is 16.8 Å². The predicted molar refractivity (Wildman–Crippen MR) is 104 cm³/mol. The smallest absolute Gasteiger partial charge is 0.231 e. The van der Waals surface area contributed by atoms with E-state index in [4.69, 9.17) is 15.2 Å². The molecule has 10 nitrogen and oxygen atoms in total. The normalized spacial score (nSPS) is 13.4. The molecule has 1 aromatic carbocycles. The summed E-state index contributed by atoms with van der Waals surface area (Å²) < 4.78 is 38.7. The molecular formula is C16H18N6O4S2. The average molecular weight is 422 g/mol. The van der Waals surface area contributed by atoms with Crippen molar-refractivity contribution in [2.45, 2.75) is 23.5 Å². The number of sulfonamides is 1. The Bertz CT molecular complexity index is 1160. The van der Waals surface area contributed by atoms with Gasteiger partial charge in [0.05, 0.1) is 5.75 Å². The highest BCUT2D eigenvalue weighted by molar-refractivity contribution is 7.99. The fourth-order valence-electron chi connectivity index (χ4n) is 2.76. The van der Waals surface area contributed by atoms with Gasteiger partial charge in [-0.15, -0.1) is 0 Å². The first-order chi connectivity index (χ1) is 13.4. The van der Waals surface area contributed by atoms with Gasteiger partial charge in [0, 0.05) is 11.4 Å². The number of fused-ring (bicyclic) bond motifs is 2. The van der Waals surface area contributed by atoms with Crippen LogP contribution in [0.5, 0.6) is 11.5 Å². The largest absolute Gasteiger partial charge is 0.454 e. The zero-order chi connectivity index (χ0) is 19.9. The topological polar surface area (TPSA) is 134 Å². The van der Waals surface area contributed by atoms with Crippen molar-refractivity contribution in [1.82, 2.24) is 24.2 Å². The van der Waals surface area contributed by atoms with E-state index in [1.807, 2.05) is 19.1 Å². The number of nitrogens with one attached hydrogen (secondary N) is 1. The van der Waals surface area contributed by atoms with E-state index >= 15 is 0 Å². The number of rotatable bonds is 6. The summed E-state index contributed by atoms with van der Waals surface area (Å²) in [6.07, 6.45) is 1.34. The molecule has 3 heterocycles. The molecule has 0 atom stereocenters. The molecule has 0 amide bonds. The maximum Gasteiger partial charge on any atom is 0.231 e. The van der Waals surface area contributed by atoms with Gasteiger partial charge in [-0.25, -0.2) is 28.1 Å². The van der Waals surface area contributed by atoms with Crippen LogP contribution in [-0.2, 0) is 16.6 Å². The Labute approximate surface area is 165 Å². The third-order valence-electron chi connectivity index (χ3n) is 4.29. The van der Waals surface area contributed by atoms with Crippen LogP contribution >= 0.6 is 11.8 Å². The van der Waals surface area contributed by atoms with Crippen LogP contribution in [0.4, 0.5) is 5.82 Å². The molecular weight excluding hydrogens is 404 g/mol.